The van der Waals surface area contributed by atoms with Gasteiger partial charge in [-0.15, -0.1) is 0 Å². The van der Waals surface area contributed by atoms with Crippen molar-refractivity contribution in [3.63, 3.8) is 0 Å². The molecule has 0 unspecified atom stereocenters. The van der Waals surface area contributed by atoms with Crippen LogP contribution < -0.4 is 9.62 Å². The van der Waals surface area contributed by atoms with Gasteiger partial charge in [0.2, 0.25) is 15.9 Å². The molecule has 2 aliphatic carbocycles. The molecule has 3 aromatic carbocycles. The van der Waals surface area contributed by atoms with Gasteiger partial charge in [-0.3, -0.25) is 13.9 Å². The van der Waals surface area contributed by atoms with Crippen molar-refractivity contribution in [2.75, 3.05) is 16.2 Å². The Hall–Kier alpha value is -4.03. The number of para-hydroxylation sites is 1. The van der Waals surface area contributed by atoms with Gasteiger partial charge in [-0.1, -0.05) is 65.7 Å². The third kappa shape index (κ3) is 7.37. The number of aromatic nitrogens is 1. The van der Waals surface area contributed by atoms with E-state index in [9.17, 15) is 18.0 Å². The fraction of sp³-hybridized carbons (Fsp3) is 0.324. The van der Waals surface area contributed by atoms with Crippen molar-refractivity contribution in [3.05, 3.63) is 124 Å². The van der Waals surface area contributed by atoms with E-state index in [1.54, 1.807) is 65.7 Å². The molecule has 2 saturated carbocycles. The molecule has 0 radical (unpaired) electrons. The molecule has 3 aliphatic rings. The van der Waals surface area contributed by atoms with Crippen molar-refractivity contribution < 1.29 is 27.1 Å². The molecule has 4 atom stereocenters. The number of carbonyl (C=O) groups excluding carboxylic acids is 2. The lowest BCUT2D eigenvalue weighted by molar-refractivity contribution is -0.181. The third-order valence-electron chi connectivity index (χ3n) is 9.37. The maximum atomic E-state index is 15.4. The minimum atomic E-state index is -3.97. The van der Waals surface area contributed by atoms with Crippen LogP contribution in [0.4, 0.5) is 15.9 Å². The van der Waals surface area contributed by atoms with Crippen molar-refractivity contribution in [1.29, 1.82) is 0 Å². The Kier molecular flexibility index (Phi) is 9.85. The molecule has 1 saturated heterocycles. The molecular formula is C37H35Cl2FN4O5S. The Morgan fingerprint density at radius 2 is 1.68 bits per heavy atom. The number of sulfonamides is 1. The summed E-state index contributed by atoms with van der Waals surface area (Å²) in [6.45, 7) is -0.171. The summed E-state index contributed by atoms with van der Waals surface area (Å²) < 4.78 is 51.2. The molecule has 9 nitrogen and oxygen atoms in total. The third-order valence-corrected chi connectivity index (χ3v) is 12.1. The topological polar surface area (TPSA) is 109 Å². The lowest BCUT2D eigenvalue weighted by Gasteiger charge is -2.49. The number of morpholine rings is 1. The SMILES string of the molecule is O=C(C[C@@H]1O[C@H](c2cccc(Cl)c2)[C@@H](c2ccc(Cl)cc2)N([C@H](CN(c2ccccc2F)S(=O)(=O)C2CC2)C2CC2)C1=O)Nc1ccccn1. The molecule has 2 heterocycles. The molecule has 4 aromatic rings. The average molecular weight is 738 g/mol. The molecule has 1 N–H and O–H groups in total. The van der Waals surface area contributed by atoms with Crippen LogP contribution in [-0.2, 0) is 24.3 Å². The van der Waals surface area contributed by atoms with E-state index in [4.69, 9.17) is 27.9 Å². The monoisotopic (exact) mass is 736 g/mol. The highest BCUT2D eigenvalue weighted by Crippen LogP contribution is 2.49. The van der Waals surface area contributed by atoms with Crippen LogP contribution in [-0.4, -0.2) is 54.1 Å². The minimum Gasteiger partial charge on any atom is -0.357 e. The number of pyridine rings is 1. The summed E-state index contributed by atoms with van der Waals surface area (Å²) in [5.74, 6) is -1.39. The highest BCUT2D eigenvalue weighted by Gasteiger charge is 2.52. The molecule has 50 heavy (non-hydrogen) atoms. The fourth-order valence-electron chi connectivity index (χ4n) is 6.66. The first-order valence-corrected chi connectivity index (χ1v) is 18.8. The predicted octanol–water partition coefficient (Wildman–Crippen LogP) is 7.34. The van der Waals surface area contributed by atoms with Gasteiger partial charge in [0.1, 0.15) is 23.8 Å². The van der Waals surface area contributed by atoms with E-state index in [0.717, 1.165) is 17.1 Å². The van der Waals surface area contributed by atoms with Crippen molar-refractivity contribution >= 4 is 56.5 Å². The summed E-state index contributed by atoms with van der Waals surface area (Å²) in [6, 6.07) is 23.6. The molecular weight excluding hydrogens is 702 g/mol. The highest BCUT2D eigenvalue weighted by atomic mass is 35.5. The molecule has 260 valence electrons. The number of halogens is 3. The molecule has 1 aromatic heterocycles. The number of ether oxygens (including phenoxy) is 1. The van der Waals surface area contributed by atoms with Crippen LogP contribution >= 0.6 is 23.2 Å². The van der Waals surface area contributed by atoms with Crippen LogP contribution in [0.1, 0.15) is 55.4 Å². The summed E-state index contributed by atoms with van der Waals surface area (Å²) >= 11 is 12.8. The van der Waals surface area contributed by atoms with Crippen LogP contribution in [0.3, 0.4) is 0 Å². The maximum Gasteiger partial charge on any atom is 0.253 e. The lowest BCUT2D eigenvalue weighted by Crippen LogP contribution is -2.59. The van der Waals surface area contributed by atoms with E-state index >= 15 is 4.39 Å². The zero-order valence-corrected chi connectivity index (χ0v) is 29.2. The van der Waals surface area contributed by atoms with Crippen LogP contribution in [0.2, 0.25) is 10.0 Å². The molecule has 1 aliphatic heterocycles. The number of carbonyl (C=O) groups is 2. The Labute approximate surface area is 300 Å². The van der Waals surface area contributed by atoms with E-state index in [0.29, 0.717) is 39.8 Å². The summed E-state index contributed by atoms with van der Waals surface area (Å²) in [5.41, 5.74) is 1.29. The Morgan fingerprint density at radius 1 is 0.940 bits per heavy atom. The number of nitrogens with zero attached hydrogens (tertiary/aromatic N) is 3. The van der Waals surface area contributed by atoms with Gasteiger partial charge >= 0.3 is 0 Å². The summed E-state index contributed by atoms with van der Waals surface area (Å²) in [7, 11) is -3.97. The molecule has 7 rings (SSSR count). The minimum absolute atomic E-state index is 0.0634. The van der Waals surface area contributed by atoms with E-state index in [-0.39, 0.29) is 24.6 Å². The fourth-order valence-corrected chi connectivity index (χ4v) is 8.86. The van der Waals surface area contributed by atoms with Crippen molar-refractivity contribution in [3.8, 4) is 0 Å². The number of rotatable bonds is 12. The summed E-state index contributed by atoms with van der Waals surface area (Å²) in [6.07, 6.45) is 1.60. The second-order valence-electron chi connectivity index (χ2n) is 12.9. The number of hydrogen-bond donors (Lipinski definition) is 1. The van der Waals surface area contributed by atoms with Crippen molar-refractivity contribution in [2.24, 2.45) is 5.92 Å². The summed E-state index contributed by atoms with van der Waals surface area (Å²) in [4.78, 5) is 34.1. The van der Waals surface area contributed by atoms with E-state index in [1.165, 1.54) is 18.2 Å². The lowest BCUT2D eigenvalue weighted by atomic mass is 9.89. The average Bonchev–Trinajstić information content (AvgIpc) is 4.02. The largest absolute Gasteiger partial charge is 0.357 e. The molecule has 13 heteroatoms. The molecule has 2 amide bonds. The second kappa shape index (κ2) is 14.3. The predicted molar refractivity (Wildman–Crippen MR) is 190 cm³/mol. The van der Waals surface area contributed by atoms with Gasteiger partial charge in [0.05, 0.1) is 36.0 Å². The number of hydrogen-bond acceptors (Lipinski definition) is 6. The zero-order chi connectivity index (χ0) is 35.0. The van der Waals surface area contributed by atoms with Gasteiger partial charge < -0.3 is 15.0 Å². The Balaban J connectivity index is 1.34. The number of anilines is 2. The first kappa shape index (κ1) is 34.4. The standard InChI is InChI=1S/C37H35Cl2FN4O5S/c38-26-15-13-24(14-16-26)35-36(25-6-5-7-27(39)20-25)49-32(21-34(45)42-33-10-3-4-19-41-33)37(46)44(35)31(23-11-12-23)22-43(50(47,48)28-17-18-28)30-9-2-1-8-29(30)40/h1-10,13-16,19-20,23,28,31-32,35-36H,11-12,17-18,21-22H2,(H,41,42,45)/t31-,32+,35-,36-/m1/s1. The highest BCUT2D eigenvalue weighted by molar-refractivity contribution is 7.93. The van der Waals surface area contributed by atoms with Crippen LogP contribution in [0.25, 0.3) is 0 Å². The second-order valence-corrected chi connectivity index (χ2v) is 16.0. The summed E-state index contributed by atoms with van der Waals surface area (Å²) in [5, 5.41) is 3.05. The quantitative estimate of drug-likeness (QED) is 0.163. The Morgan fingerprint density at radius 3 is 2.34 bits per heavy atom. The van der Waals surface area contributed by atoms with Gasteiger partial charge in [0, 0.05) is 16.2 Å². The number of amides is 2. The van der Waals surface area contributed by atoms with Gasteiger partial charge in [-0.05, 0) is 91.3 Å². The zero-order valence-electron chi connectivity index (χ0n) is 26.9. The number of nitrogens with one attached hydrogen (secondary N) is 1. The van der Waals surface area contributed by atoms with Crippen LogP contribution in [0, 0.1) is 11.7 Å². The van der Waals surface area contributed by atoms with Gasteiger partial charge in [-0.25, -0.2) is 17.8 Å². The Bertz CT molecular complexity index is 1980. The molecule has 0 spiro atoms. The smallest absolute Gasteiger partial charge is 0.253 e. The van der Waals surface area contributed by atoms with E-state index in [2.05, 4.69) is 10.3 Å². The first-order valence-electron chi connectivity index (χ1n) is 16.6. The van der Waals surface area contributed by atoms with Gasteiger partial charge in [-0.2, -0.15) is 0 Å². The molecule has 0 bridgehead atoms. The maximum absolute atomic E-state index is 15.4. The first-order chi connectivity index (χ1) is 24.1. The molecule has 3 fully saturated rings. The normalized spacial score (nSPS) is 21.5. The van der Waals surface area contributed by atoms with Crippen LogP contribution in [0.15, 0.2) is 97.2 Å². The van der Waals surface area contributed by atoms with Gasteiger partial charge in [0.15, 0.2) is 0 Å². The van der Waals surface area contributed by atoms with E-state index < -0.39 is 57.2 Å². The van der Waals surface area contributed by atoms with Crippen molar-refractivity contribution in [2.45, 2.75) is 61.6 Å². The number of benzene rings is 3. The van der Waals surface area contributed by atoms with Crippen LogP contribution in [0.5, 0.6) is 0 Å². The van der Waals surface area contributed by atoms with Gasteiger partial charge in [0.25, 0.3) is 5.91 Å². The van der Waals surface area contributed by atoms with Crippen molar-refractivity contribution in [1.82, 2.24) is 9.88 Å². The van der Waals surface area contributed by atoms with E-state index in [1.807, 2.05) is 18.2 Å².